The number of carbonyl (C=O) groups excluding carboxylic acids is 2. The Labute approximate surface area is 203 Å². The number of nitrogens with one attached hydrogen (secondary N) is 1. The van der Waals surface area contributed by atoms with Crippen molar-refractivity contribution in [1.29, 1.82) is 0 Å². The molecule has 0 spiro atoms. The highest BCUT2D eigenvalue weighted by Gasteiger charge is 2.31. The number of halogens is 3. The maximum Gasteiger partial charge on any atom is 0.244 e. The average Bonchev–Trinajstić information content (AvgIpc) is 2.73. The zero-order valence-electron chi connectivity index (χ0n) is 17.8. The summed E-state index contributed by atoms with van der Waals surface area (Å²) in [6.45, 7) is 1.26. The lowest BCUT2D eigenvalue weighted by atomic mass is 10.1. The summed E-state index contributed by atoms with van der Waals surface area (Å²) in [5.74, 6) is -0.943. The van der Waals surface area contributed by atoms with E-state index in [1.165, 1.54) is 24.1 Å². The van der Waals surface area contributed by atoms with E-state index in [0.717, 1.165) is 10.6 Å². The van der Waals surface area contributed by atoms with E-state index in [9.17, 15) is 18.0 Å². The molecule has 0 saturated carbocycles. The number of nitrogens with zero attached hydrogens (tertiary/aromatic N) is 2. The monoisotopic (exact) mass is 519 g/mol. The van der Waals surface area contributed by atoms with Crippen LogP contribution >= 0.6 is 34.8 Å². The van der Waals surface area contributed by atoms with Crippen molar-refractivity contribution in [2.75, 3.05) is 24.2 Å². The van der Waals surface area contributed by atoms with Gasteiger partial charge in [0.1, 0.15) is 12.6 Å². The van der Waals surface area contributed by atoms with Gasteiger partial charge in [0.15, 0.2) is 0 Å². The fourth-order valence-electron chi connectivity index (χ4n) is 3.17. The lowest BCUT2D eigenvalue weighted by Crippen LogP contribution is -2.51. The van der Waals surface area contributed by atoms with Crippen LogP contribution in [0, 0.1) is 0 Å². The van der Waals surface area contributed by atoms with Crippen LogP contribution in [0.1, 0.15) is 18.9 Å². The molecule has 0 bridgehead atoms. The Balaban J connectivity index is 2.46. The lowest BCUT2D eigenvalue weighted by Gasteiger charge is -2.32. The van der Waals surface area contributed by atoms with Gasteiger partial charge in [-0.2, -0.15) is 0 Å². The third kappa shape index (κ3) is 6.51. The van der Waals surface area contributed by atoms with Crippen LogP contribution in [0.15, 0.2) is 42.5 Å². The molecule has 1 atom stereocenters. The van der Waals surface area contributed by atoms with Crippen molar-refractivity contribution in [3.63, 3.8) is 0 Å². The fraction of sp³-hybridized carbons (Fsp3) is 0.333. The third-order valence-electron chi connectivity index (χ3n) is 4.77. The minimum absolute atomic E-state index is 0.0295. The number of rotatable bonds is 9. The molecule has 1 unspecified atom stereocenters. The lowest BCUT2D eigenvalue weighted by molar-refractivity contribution is -0.140. The molecule has 2 aromatic carbocycles. The second kappa shape index (κ2) is 11.2. The summed E-state index contributed by atoms with van der Waals surface area (Å²) in [5.41, 5.74) is 0.811. The first kappa shape index (κ1) is 26.3. The van der Waals surface area contributed by atoms with E-state index in [-0.39, 0.29) is 23.2 Å². The minimum Gasteiger partial charge on any atom is -0.357 e. The van der Waals surface area contributed by atoms with Crippen molar-refractivity contribution in [1.82, 2.24) is 10.2 Å². The molecule has 2 rings (SSSR count). The number of para-hydroxylation sites is 1. The van der Waals surface area contributed by atoms with Crippen molar-refractivity contribution in [3.8, 4) is 0 Å². The predicted octanol–water partition coefficient (Wildman–Crippen LogP) is 3.97. The van der Waals surface area contributed by atoms with Crippen LogP contribution in [-0.2, 0) is 26.2 Å². The summed E-state index contributed by atoms with van der Waals surface area (Å²) < 4.78 is 25.9. The Hall–Kier alpha value is -2.00. The van der Waals surface area contributed by atoms with Crippen LogP contribution in [0.4, 0.5) is 5.69 Å². The summed E-state index contributed by atoms with van der Waals surface area (Å²) in [5, 5.41) is 3.39. The first-order valence-electron chi connectivity index (χ1n) is 9.66. The van der Waals surface area contributed by atoms with E-state index < -0.39 is 28.5 Å². The Bertz CT molecular complexity index is 1100. The van der Waals surface area contributed by atoms with E-state index in [0.29, 0.717) is 22.0 Å². The molecule has 2 aromatic rings. The molecular weight excluding hydrogens is 497 g/mol. The molecule has 7 nitrogen and oxygen atoms in total. The highest BCUT2D eigenvalue weighted by molar-refractivity contribution is 7.92. The second-order valence-electron chi connectivity index (χ2n) is 7.03. The number of amides is 2. The maximum absolute atomic E-state index is 13.4. The predicted molar refractivity (Wildman–Crippen MR) is 129 cm³/mol. The average molecular weight is 521 g/mol. The standard InChI is InChI=1S/C21H24Cl3N3O4S/c1-4-18(21(29)25-2)26(12-14-9-10-15(22)17(24)11-14)20(28)13-27(32(3,30)31)19-8-6-5-7-16(19)23/h5-11,18H,4,12-13H2,1-3H3,(H,25,29). The first-order valence-corrected chi connectivity index (χ1v) is 12.6. The molecule has 0 aliphatic carbocycles. The maximum atomic E-state index is 13.4. The van der Waals surface area contributed by atoms with Crippen molar-refractivity contribution < 1.29 is 18.0 Å². The Morgan fingerprint density at radius 3 is 2.22 bits per heavy atom. The first-order chi connectivity index (χ1) is 15.0. The van der Waals surface area contributed by atoms with E-state index in [2.05, 4.69) is 5.32 Å². The summed E-state index contributed by atoms with van der Waals surface area (Å²) in [6.07, 6.45) is 1.31. The Morgan fingerprint density at radius 2 is 1.69 bits per heavy atom. The molecule has 0 fully saturated rings. The van der Waals surface area contributed by atoms with E-state index >= 15 is 0 Å². The molecule has 11 heteroatoms. The van der Waals surface area contributed by atoms with Crippen molar-refractivity contribution >= 4 is 62.3 Å². The number of hydrogen-bond donors (Lipinski definition) is 1. The van der Waals surface area contributed by atoms with Gasteiger partial charge in [-0.25, -0.2) is 8.42 Å². The molecule has 0 saturated heterocycles. The van der Waals surface area contributed by atoms with E-state index in [4.69, 9.17) is 34.8 Å². The molecule has 2 amide bonds. The summed E-state index contributed by atoms with van der Waals surface area (Å²) in [7, 11) is -2.38. The fourth-order valence-corrected chi connectivity index (χ4v) is 4.64. The largest absolute Gasteiger partial charge is 0.357 e. The third-order valence-corrected chi connectivity index (χ3v) is 6.95. The van der Waals surface area contributed by atoms with Gasteiger partial charge in [-0.3, -0.25) is 13.9 Å². The number of carbonyl (C=O) groups is 2. The van der Waals surface area contributed by atoms with Gasteiger partial charge in [0.2, 0.25) is 21.8 Å². The number of benzene rings is 2. The van der Waals surface area contributed by atoms with Crippen molar-refractivity contribution in [2.45, 2.75) is 25.9 Å². The van der Waals surface area contributed by atoms with Crippen LogP contribution in [0.2, 0.25) is 15.1 Å². The minimum atomic E-state index is -3.85. The van der Waals surface area contributed by atoms with Crippen molar-refractivity contribution in [3.05, 3.63) is 63.1 Å². The molecule has 1 N–H and O–H groups in total. The van der Waals surface area contributed by atoms with Gasteiger partial charge in [0.25, 0.3) is 0 Å². The molecule has 0 aliphatic heterocycles. The molecule has 174 valence electrons. The van der Waals surface area contributed by atoms with Crippen LogP contribution < -0.4 is 9.62 Å². The van der Waals surface area contributed by atoms with Gasteiger partial charge in [0, 0.05) is 13.6 Å². The van der Waals surface area contributed by atoms with Gasteiger partial charge < -0.3 is 10.2 Å². The highest BCUT2D eigenvalue weighted by Crippen LogP contribution is 2.28. The molecule has 0 aromatic heterocycles. The number of anilines is 1. The summed E-state index contributed by atoms with van der Waals surface area (Å²) >= 11 is 18.3. The summed E-state index contributed by atoms with van der Waals surface area (Å²) in [4.78, 5) is 27.2. The van der Waals surface area contributed by atoms with Gasteiger partial charge in [0.05, 0.1) is 27.0 Å². The van der Waals surface area contributed by atoms with Gasteiger partial charge in [-0.1, -0.05) is 59.9 Å². The van der Waals surface area contributed by atoms with Crippen LogP contribution in [0.5, 0.6) is 0 Å². The van der Waals surface area contributed by atoms with E-state index in [1.54, 1.807) is 37.3 Å². The highest BCUT2D eigenvalue weighted by atomic mass is 35.5. The van der Waals surface area contributed by atoms with Gasteiger partial charge >= 0.3 is 0 Å². The van der Waals surface area contributed by atoms with Crippen LogP contribution in [-0.4, -0.2) is 51.0 Å². The molecule has 0 heterocycles. The SMILES string of the molecule is CCC(C(=O)NC)N(Cc1ccc(Cl)c(Cl)c1)C(=O)CN(c1ccccc1Cl)S(C)(=O)=O. The van der Waals surface area contributed by atoms with Gasteiger partial charge in [-0.15, -0.1) is 0 Å². The molecular formula is C21H24Cl3N3O4S. The smallest absolute Gasteiger partial charge is 0.244 e. The number of sulfonamides is 1. The van der Waals surface area contributed by atoms with E-state index in [1.807, 2.05) is 0 Å². The number of likely N-dealkylation sites (N-methyl/N-ethyl adjacent to an activating group) is 1. The van der Waals surface area contributed by atoms with Crippen LogP contribution in [0.3, 0.4) is 0 Å². The Kier molecular flexibility index (Phi) is 9.21. The topological polar surface area (TPSA) is 86.8 Å². The zero-order chi connectivity index (χ0) is 24.1. The second-order valence-corrected chi connectivity index (χ2v) is 10.2. The summed E-state index contributed by atoms with van der Waals surface area (Å²) in [6, 6.07) is 10.4. The molecule has 0 radical (unpaired) electrons. The molecule has 0 aliphatic rings. The number of hydrogen-bond acceptors (Lipinski definition) is 4. The quantitative estimate of drug-likeness (QED) is 0.542. The molecule has 32 heavy (non-hydrogen) atoms. The Morgan fingerprint density at radius 1 is 1.03 bits per heavy atom. The van der Waals surface area contributed by atoms with Crippen LogP contribution in [0.25, 0.3) is 0 Å². The normalized spacial score (nSPS) is 12.2. The van der Waals surface area contributed by atoms with Gasteiger partial charge in [-0.05, 0) is 36.2 Å². The zero-order valence-corrected chi connectivity index (χ0v) is 20.9. The van der Waals surface area contributed by atoms with Crippen molar-refractivity contribution in [2.24, 2.45) is 0 Å².